The fraction of sp³-hybridized carbons (Fsp3) is 0.167. The molecule has 1 aromatic carbocycles. The van der Waals surface area contributed by atoms with Crippen molar-refractivity contribution in [3.8, 4) is 0 Å². The summed E-state index contributed by atoms with van der Waals surface area (Å²) >= 11 is 0. The second kappa shape index (κ2) is 16.1. The molecule has 12 heteroatoms. The normalized spacial score (nSPS) is 17.2. The van der Waals surface area contributed by atoms with Crippen molar-refractivity contribution in [2.75, 3.05) is 0 Å². The highest BCUT2D eigenvalue weighted by atomic mass is 16.6. The van der Waals surface area contributed by atoms with Crippen molar-refractivity contribution in [3.63, 3.8) is 0 Å². The summed E-state index contributed by atoms with van der Waals surface area (Å²) in [5.41, 5.74) is 5.62. The summed E-state index contributed by atoms with van der Waals surface area (Å²) in [5, 5.41) is 0. The Labute approximate surface area is 144 Å². The molecule has 0 radical (unpaired) electrons. The molecule has 12 nitrogen and oxygen atoms in total. The van der Waals surface area contributed by atoms with Gasteiger partial charge in [-0.3, -0.25) is 0 Å². The van der Waals surface area contributed by atoms with Gasteiger partial charge in [0, 0.05) is 0 Å². The molecule has 1 fully saturated rings. The fourth-order valence-electron chi connectivity index (χ4n) is 2.36. The molecule has 3 aliphatic rings. The molecule has 0 saturated carbocycles. The lowest BCUT2D eigenvalue weighted by atomic mass is 9.76. The largest absolute Gasteiger partial charge is 0.360 e. The molecule has 1 saturated heterocycles. The van der Waals surface area contributed by atoms with Crippen molar-refractivity contribution in [1.29, 1.82) is 0 Å². The fourth-order valence-corrected chi connectivity index (χ4v) is 2.36. The van der Waals surface area contributed by atoms with E-state index in [1.54, 1.807) is 0 Å². The summed E-state index contributed by atoms with van der Waals surface area (Å²) in [7, 11) is 0. The van der Waals surface area contributed by atoms with E-state index in [9.17, 15) is 0 Å². The number of epoxide rings is 1. The number of hydrogen-bond donors (Lipinski definition) is 11. The molecular weight excluding hydrogens is 314 g/mol. The van der Waals surface area contributed by atoms with E-state index in [4.69, 9.17) is 4.74 Å². The predicted octanol–water partition coefficient (Wildman–Crippen LogP) is 4.03. The lowest BCUT2D eigenvalue weighted by Gasteiger charge is -2.26. The smallest absolute Gasteiger partial charge is 0.114 e. The van der Waals surface area contributed by atoms with E-state index < -0.39 is 0 Å². The molecule has 2 atom stereocenters. The molecule has 2 aliphatic carbocycles. The molecule has 0 spiro atoms. The molecular formula is C12H41N11O. The minimum absolute atomic E-state index is 0. The van der Waals surface area contributed by atoms with Crippen LogP contribution in [0.4, 0.5) is 0 Å². The summed E-state index contributed by atoms with van der Waals surface area (Å²) in [6, 6.07) is 8.56. The second-order valence-corrected chi connectivity index (χ2v) is 3.75. The minimum Gasteiger partial charge on any atom is -0.360 e. The van der Waals surface area contributed by atoms with Crippen molar-refractivity contribution in [2.24, 2.45) is 0 Å². The molecule has 1 aliphatic heterocycles. The standard InChI is InChI=1S/C12H8O.11H3N/c1-2-4-8-7(3-1)9-5-6-10-12(13-10)11(8)9;;;;;;;;;;;/h1-6,10,12H;11*1H3. The zero-order valence-electron chi connectivity index (χ0n) is 14.8. The summed E-state index contributed by atoms with van der Waals surface area (Å²) in [6.07, 6.45) is 5.13. The molecule has 2 unspecified atom stereocenters. The highest BCUT2D eigenvalue weighted by Crippen LogP contribution is 2.52. The van der Waals surface area contributed by atoms with Gasteiger partial charge in [-0.2, -0.15) is 0 Å². The highest BCUT2D eigenvalue weighted by molar-refractivity contribution is 6.10. The van der Waals surface area contributed by atoms with E-state index in [1.807, 2.05) is 0 Å². The first-order valence-electron chi connectivity index (χ1n) is 4.63. The van der Waals surface area contributed by atoms with Gasteiger partial charge in [-0.1, -0.05) is 36.4 Å². The summed E-state index contributed by atoms with van der Waals surface area (Å²) in [6.45, 7) is 0. The quantitative estimate of drug-likeness (QED) is 0.293. The van der Waals surface area contributed by atoms with Crippen LogP contribution in [0.3, 0.4) is 0 Å². The number of ether oxygens (including phenoxy) is 1. The Morgan fingerprint density at radius 2 is 1.08 bits per heavy atom. The lowest BCUT2D eigenvalue weighted by molar-refractivity contribution is 0.418. The lowest BCUT2D eigenvalue weighted by Crippen LogP contribution is -2.13. The average molecular weight is 356 g/mol. The molecule has 33 N–H and O–H groups in total. The maximum Gasteiger partial charge on any atom is 0.114 e. The van der Waals surface area contributed by atoms with Gasteiger partial charge < -0.3 is 72.4 Å². The van der Waals surface area contributed by atoms with Gasteiger partial charge >= 0.3 is 0 Å². The maximum atomic E-state index is 5.52. The zero-order valence-corrected chi connectivity index (χ0v) is 14.8. The molecule has 1 heterocycles. The van der Waals surface area contributed by atoms with Crippen LogP contribution in [0.1, 0.15) is 11.1 Å². The van der Waals surface area contributed by atoms with Gasteiger partial charge in [0.1, 0.15) is 12.2 Å². The van der Waals surface area contributed by atoms with Crippen LogP contribution in [0.5, 0.6) is 0 Å². The first-order chi connectivity index (χ1) is 6.45. The second-order valence-electron chi connectivity index (χ2n) is 3.75. The van der Waals surface area contributed by atoms with Crippen LogP contribution < -0.4 is 67.7 Å². The number of rotatable bonds is 0. The van der Waals surface area contributed by atoms with E-state index in [1.165, 1.54) is 22.3 Å². The number of benzene rings is 1. The van der Waals surface area contributed by atoms with E-state index >= 15 is 0 Å². The monoisotopic (exact) mass is 355 g/mol. The Bertz CT molecular complexity index is 492. The zero-order chi connectivity index (χ0) is 8.41. The third kappa shape index (κ3) is 5.69. The van der Waals surface area contributed by atoms with Crippen LogP contribution in [0.15, 0.2) is 36.4 Å². The third-order valence-electron chi connectivity index (χ3n) is 3.06. The number of hydrogen-bond acceptors (Lipinski definition) is 12. The van der Waals surface area contributed by atoms with Gasteiger partial charge in [0.05, 0.1) is 0 Å². The van der Waals surface area contributed by atoms with E-state index in [2.05, 4.69) is 36.4 Å². The van der Waals surface area contributed by atoms with Gasteiger partial charge in [0.25, 0.3) is 0 Å². The third-order valence-corrected chi connectivity index (χ3v) is 3.06. The number of fused-ring (bicyclic) bond motifs is 5. The first-order valence-corrected chi connectivity index (χ1v) is 4.63. The van der Waals surface area contributed by atoms with Crippen LogP contribution in [0.25, 0.3) is 11.1 Å². The highest BCUT2D eigenvalue weighted by Gasteiger charge is 2.47. The molecule has 0 amide bonds. The van der Waals surface area contributed by atoms with E-state index in [0.717, 1.165) is 0 Å². The van der Waals surface area contributed by atoms with Crippen molar-refractivity contribution >= 4 is 11.1 Å². The summed E-state index contributed by atoms with van der Waals surface area (Å²) in [5.74, 6) is 0. The van der Waals surface area contributed by atoms with Crippen LogP contribution in [0.2, 0.25) is 0 Å². The van der Waals surface area contributed by atoms with Crippen LogP contribution in [-0.2, 0) is 4.74 Å². The Morgan fingerprint density at radius 3 is 1.58 bits per heavy atom. The molecule has 150 valence electrons. The number of allylic oxidation sites excluding steroid dienone is 2. The SMILES string of the molecule is C1=CC2OC2C2=C1c1ccccc12.N.N.N.N.N.N.N.N.N.N.N. The van der Waals surface area contributed by atoms with Crippen LogP contribution in [0, 0.1) is 0 Å². The van der Waals surface area contributed by atoms with Crippen LogP contribution >= 0.6 is 0 Å². The van der Waals surface area contributed by atoms with E-state index in [0.29, 0.717) is 12.2 Å². The summed E-state index contributed by atoms with van der Waals surface area (Å²) < 4.78 is 5.52. The summed E-state index contributed by atoms with van der Waals surface area (Å²) in [4.78, 5) is 0. The van der Waals surface area contributed by atoms with Crippen molar-refractivity contribution < 1.29 is 4.74 Å². The molecule has 0 bridgehead atoms. The van der Waals surface area contributed by atoms with Gasteiger partial charge in [0.2, 0.25) is 0 Å². The average Bonchev–Trinajstić information content (AvgIpc) is 2.89. The minimum atomic E-state index is 0. The topological polar surface area (TPSA) is 398 Å². The van der Waals surface area contributed by atoms with Crippen molar-refractivity contribution in [1.82, 2.24) is 67.7 Å². The van der Waals surface area contributed by atoms with Crippen LogP contribution in [-0.4, -0.2) is 12.2 Å². The van der Waals surface area contributed by atoms with Crippen molar-refractivity contribution in [3.05, 3.63) is 47.5 Å². The Morgan fingerprint density at radius 1 is 0.625 bits per heavy atom. The Hall–Kier alpha value is -1.78. The molecule has 4 rings (SSSR count). The molecule has 24 heavy (non-hydrogen) atoms. The van der Waals surface area contributed by atoms with Gasteiger partial charge in [-0.15, -0.1) is 0 Å². The van der Waals surface area contributed by atoms with Gasteiger partial charge in [0.15, 0.2) is 0 Å². The first kappa shape index (κ1) is 49.5. The van der Waals surface area contributed by atoms with E-state index in [-0.39, 0.29) is 67.7 Å². The Kier molecular flexibility index (Phi) is 33.2. The van der Waals surface area contributed by atoms with Gasteiger partial charge in [-0.25, -0.2) is 0 Å². The molecule has 1 aromatic rings. The predicted molar refractivity (Wildman–Crippen MR) is 106 cm³/mol. The molecule has 0 aromatic heterocycles. The van der Waals surface area contributed by atoms with Gasteiger partial charge in [-0.05, 0) is 22.3 Å². The van der Waals surface area contributed by atoms with Crippen molar-refractivity contribution in [2.45, 2.75) is 12.2 Å². The maximum absolute atomic E-state index is 5.52. The Balaban J connectivity index is -0.0000000388.